The number of aliphatic hydroxyl groups excluding tert-OH is 1. The van der Waals surface area contributed by atoms with Gasteiger partial charge in [-0.1, -0.05) is 36.8 Å². The lowest BCUT2D eigenvalue weighted by Gasteiger charge is -2.09. The largest absolute Gasteiger partial charge is 0.437 e. The summed E-state index contributed by atoms with van der Waals surface area (Å²) in [7, 11) is 0. The van der Waals surface area contributed by atoms with Gasteiger partial charge in [0.2, 0.25) is 5.89 Å². The molecule has 0 radical (unpaired) electrons. The lowest BCUT2D eigenvalue weighted by molar-refractivity contribution is 0.148. The monoisotopic (exact) mass is 262 g/mol. The molecule has 0 saturated heterocycles. The van der Waals surface area contributed by atoms with E-state index < -0.39 is 11.9 Å². The van der Waals surface area contributed by atoms with E-state index in [1.165, 1.54) is 4.68 Å². The highest BCUT2D eigenvalue weighted by Gasteiger charge is 2.13. The molecule has 1 unspecified atom stereocenters. The third-order valence-electron chi connectivity index (χ3n) is 2.92. The van der Waals surface area contributed by atoms with Crippen LogP contribution in [-0.2, 0) is 13.0 Å². The molecule has 2 aromatic rings. The van der Waals surface area contributed by atoms with Crippen LogP contribution in [0.3, 0.4) is 0 Å². The molecule has 0 amide bonds. The Bertz CT molecular complexity index is 583. The zero-order valence-corrected chi connectivity index (χ0v) is 11.2. The molecule has 0 aliphatic heterocycles. The van der Waals surface area contributed by atoms with Gasteiger partial charge in [0, 0.05) is 6.42 Å². The fraction of sp³-hybridized carbons (Fsp3) is 0.429. The van der Waals surface area contributed by atoms with E-state index in [0.29, 0.717) is 12.3 Å². The van der Waals surface area contributed by atoms with Crippen LogP contribution in [0.5, 0.6) is 0 Å². The highest BCUT2D eigenvalue weighted by Crippen LogP contribution is 2.14. The standard InChI is InChI=1S/C14H18N2O3/c1-3-4-13-15-16(14(18)19-13)9-12(17)11-7-5-10(2)6-8-11/h5-8,12,17H,3-4,9H2,1-2H3. The molecule has 0 aliphatic carbocycles. The van der Waals surface area contributed by atoms with Crippen LogP contribution in [-0.4, -0.2) is 14.9 Å². The average molecular weight is 262 g/mol. The molecule has 5 nitrogen and oxygen atoms in total. The van der Waals surface area contributed by atoms with E-state index >= 15 is 0 Å². The van der Waals surface area contributed by atoms with Gasteiger partial charge in [-0.2, -0.15) is 4.68 Å². The summed E-state index contributed by atoms with van der Waals surface area (Å²) >= 11 is 0. The van der Waals surface area contributed by atoms with Crippen LogP contribution in [0.1, 0.15) is 36.5 Å². The molecule has 1 aromatic heterocycles. The third kappa shape index (κ3) is 3.32. The van der Waals surface area contributed by atoms with Crippen LogP contribution in [0.15, 0.2) is 33.5 Å². The van der Waals surface area contributed by atoms with Gasteiger partial charge in [-0.05, 0) is 18.9 Å². The number of hydrogen-bond acceptors (Lipinski definition) is 4. The molecule has 1 aromatic carbocycles. The molecule has 1 N–H and O–H groups in total. The number of aryl methyl sites for hydroxylation is 2. The molecule has 5 heteroatoms. The summed E-state index contributed by atoms with van der Waals surface area (Å²) in [6, 6.07) is 7.54. The molecular weight excluding hydrogens is 244 g/mol. The smallest absolute Gasteiger partial charge is 0.392 e. The van der Waals surface area contributed by atoms with E-state index in [9.17, 15) is 9.90 Å². The normalized spacial score (nSPS) is 12.6. The van der Waals surface area contributed by atoms with E-state index in [2.05, 4.69) is 5.10 Å². The summed E-state index contributed by atoms with van der Waals surface area (Å²) in [6.45, 7) is 4.07. The number of rotatable bonds is 5. The molecule has 0 spiro atoms. The van der Waals surface area contributed by atoms with Crippen molar-refractivity contribution in [1.82, 2.24) is 9.78 Å². The highest BCUT2D eigenvalue weighted by molar-refractivity contribution is 5.22. The number of nitrogens with zero attached hydrogens (tertiary/aromatic N) is 2. The lowest BCUT2D eigenvalue weighted by atomic mass is 10.1. The van der Waals surface area contributed by atoms with Gasteiger partial charge in [-0.15, -0.1) is 5.10 Å². The Balaban J connectivity index is 2.12. The number of aliphatic hydroxyl groups is 1. The highest BCUT2D eigenvalue weighted by atomic mass is 16.4. The van der Waals surface area contributed by atoms with Gasteiger partial charge in [0.25, 0.3) is 0 Å². The summed E-state index contributed by atoms with van der Waals surface area (Å²) in [5.74, 6) is -0.0989. The average Bonchev–Trinajstić information content (AvgIpc) is 2.71. The predicted octanol–water partition coefficient (Wildman–Crippen LogP) is 1.83. The molecule has 1 atom stereocenters. The third-order valence-corrected chi connectivity index (χ3v) is 2.92. The van der Waals surface area contributed by atoms with Gasteiger partial charge in [0.1, 0.15) is 0 Å². The van der Waals surface area contributed by atoms with Crippen LogP contribution in [0.4, 0.5) is 0 Å². The van der Waals surface area contributed by atoms with Crippen molar-refractivity contribution in [2.24, 2.45) is 0 Å². The number of hydrogen-bond donors (Lipinski definition) is 1. The first-order valence-electron chi connectivity index (χ1n) is 6.41. The molecule has 0 bridgehead atoms. The molecule has 1 heterocycles. The van der Waals surface area contributed by atoms with Crippen molar-refractivity contribution in [3.05, 3.63) is 51.8 Å². The van der Waals surface area contributed by atoms with Crippen molar-refractivity contribution in [3.8, 4) is 0 Å². The molecule has 102 valence electrons. The second kappa shape index (κ2) is 5.84. The minimum atomic E-state index is -0.766. The Kier molecular flexibility index (Phi) is 4.16. The van der Waals surface area contributed by atoms with Gasteiger partial charge in [-0.25, -0.2) is 4.79 Å². The minimum absolute atomic E-state index is 0.106. The zero-order chi connectivity index (χ0) is 13.8. The predicted molar refractivity (Wildman–Crippen MR) is 70.9 cm³/mol. The van der Waals surface area contributed by atoms with Crippen LogP contribution >= 0.6 is 0 Å². The van der Waals surface area contributed by atoms with Crippen molar-refractivity contribution in [3.63, 3.8) is 0 Å². The molecular formula is C14H18N2O3. The Labute approximate surface area is 111 Å². The SMILES string of the molecule is CCCc1nn(CC(O)c2ccc(C)cc2)c(=O)o1. The quantitative estimate of drug-likeness (QED) is 0.892. The topological polar surface area (TPSA) is 68.3 Å². The Hall–Kier alpha value is -1.88. The Morgan fingerprint density at radius 2 is 2.05 bits per heavy atom. The molecule has 19 heavy (non-hydrogen) atoms. The van der Waals surface area contributed by atoms with E-state index in [-0.39, 0.29) is 6.54 Å². The van der Waals surface area contributed by atoms with Crippen molar-refractivity contribution >= 4 is 0 Å². The fourth-order valence-electron chi connectivity index (χ4n) is 1.84. The van der Waals surface area contributed by atoms with E-state index in [1.807, 2.05) is 38.1 Å². The first kappa shape index (κ1) is 13.5. The fourth-order valence-corrected chi connectivity index (χ4v) is 1.84. The molecule has 0 aliphatic rings. The van der Waals surface area contributed by atoms with E-state index in [1.54, 1.807) is 0 Å². The Morgan fingerprint density at radius 3 is 2.68 bits per heavy atom. The van der Waals surface area contributed by atoms with E-state index in [4.69, 9.17) is 4.42 Å². The van der Waals surface area contributed by atoms with Crippen molar-refractivity contribution in [1.29, 1.82) is 0 Å². The summed E-state index contributed by atoms with van der Waals surface area (Å²) in [4.78, 5) is 11.6. The van der Waals surface area contributed by atoms with Gasteiger partial charge < -0.3 is 9.52 Å². The number of benzene rings is 1. The minimum Gasteiger partial charge on any atom is -0.392 e. The number of aromatic nitrogens is 2. The maximum absolute atomic E-state index is 11.6. The first-order chi connectivity index (χ1) is 9.10. The van der Waals surface area contributed by atoms with Gasteiger partial charge in [0.15, 0.2) is 0 Å². The second-order valence-electron chi connectivity index (χ2n) is 4.62. The molecule has 2 rings (SSSR count). The Morgan fingerprint density at radius 1 is 1.37 bits per heavy atom. The van der Waals surface area contributed by atoms with Crippen LogP contribution < -0.4 is 5.76 Å². The van der Waals surface area contributed by atoms with Crippen molar-refractivity contribution in [2.75, 3.05) is 0 Å². The van der Waals surface area contributed by atoms with Crippen LogP contribution in [0.25, 0.3) is 0 Å². The summed E-state index contributed by atoms with van der Waals surface area (Å²) < 4.78 is 6.17. The maximum atomic E-state index is 11.6. The second-order valence-corrected chi connectivity index (χ2v) is 4.62. The lowest BCUT2D eigenvalue weighted by Crippen LogP contribution is -2.20. The summed E-state index contributed by atoms with van der Waals surface area (Å²) in [5.41, 5.74) is 1.89. The zero-order valence-electron chi connectivity index (χ0n) is 11.2. The first-order valence-corrected chi connectivity index (χ1v) is 6.41. The van der Waals surface area contributed by atoms with Crippen LogP contribution in [0, 0.1) is 6.92 Å². The van der Waals surface area contributed by atoms with Gasteiger partial charge in [0.05, 0.1) is 12.6 Å². The van der Waals surface area contributed by atoms with E-state index in [0.717, 1.165) is 17.5 Å². The van der Waals surface area contributed by atoms with Crippen molar-refractivity contribution in [2.45, 2.75) is 39.3 Å². The van der Waals surface area contributed by atoms with Gasteiger partial charge in [-0.3, -0.25) is 0 Å². The molecule has 0 fully saturated rings. The van der Waals surface area contributed by atoms with Crippen molar-refractivity contribution < 1.29 is 9.52 Å². The van der Waals surface area contributed by atoms with Gasteiger partial charge >= 0.3 is 5.76 Å². The summed E-state index contributed by atoms with van der Waals surface area (Å²) in [6.07, 6.45) is 0.724. The molecule has 0 saturated carbocycles. The van der Waals surface area contributed by atoms with Crippen LogP contribution in [0.2, 0.25) is 0 Å². The maximum Gasteiger partial charge on any atom is 0.437 e. The summed E-state index contributed by atoms with van der Waals surface area (Å²) in [5, 5.41) is 14.1.